The maximum Gasteiger partial charge on any atom is 0.322 e. The fraction of sp³-hybridized carbons (Fsp3) is 0.632. The molecule has 2 amide bonds. The minimum absolute atomic E-state index is 0.0189. The van der Waals surface area contributed by atoms with Crippen LogP contribution < -0.4 is 5.32 Å². The zero-order valence-corrected chi connectivity index (χ0v) is 15.8. The second-order valence-electron chi connectivity index (χ2n) is 7.21. The van der Waals surface area contributed by atoms with E-state index in [9.17, 15) is 4.79 Å². The summed E-state index contributed by atoms with van der Waals surface area (Å²) < 4.78 is 0. The van der Waals surface area contributed by atoms with Gasteiger partial charge in [0, 0.05) is 56.0 Å². The highest BCUT2D eigenvalue weighted by Gasteiger charge is 2.27. The largest absolute Gasteiger partial charge is 0.322 e. The zero-order chi connectivity index (χ0) is 17.6. The summed E-state index contributed by atoms with van der Waals surface area (Å²) in [5.74, 6) is 0. The molecule has 0 radical (unpaired) electrons. The van der Waals surface area contributed by atoms with Crippen LogP contribution in [0.5, 0.6) is 0 Å². The molecule has 0 spiro atoms. The van der Waals surface area contributed by atoms with Crippen molar-refractivity contribution < 1.29 is 4.79 Å². The number of anilines is 1. The van der Waals surface area contributed by atoms with Crippen LogP contribution in [-0.2, 0) is 0 Å². The molecule has 25 heavy (non-hydrogen) atoms. The number of carbonyl (C=O) groups is 1. The number of hydrogen-bond donors (Lipinski definition) is 1. The minimum atomic E-state index is 0.0189. The molecule has 1 atom stereocenters. The number of halogens is 1. The number of rotatable bonds is 4. The first-order valence-corrected chi connectivity index (χ1v) is 9.74. The van der Waals surface area contributed by atoms with Crippen LogP contribution >= 0.6 is 11.6 Å². The van der Waals surface area contributed by atoms with E-state index in [0.29, 0.717) is 11.1 Å². The van der Waals surface area contributed by atoms with Crippen LogP contribution in [0.4, 0.5) is 10.5 Å². The number of nitrogens with zero attached hydrogens (tertiary/aromatic N) is 3. The Hall–Kier alpha value is -1.30. The number of urea groups is 1. The Morgan fingerprint density at radius 3 is 2.56 bits per heavy atom. The van der Waals surface area contributed by atoms with Crippen molar-refractivity contribution >= 4 is 23.3 Å². The van der Waals surface area contributed by atoms with Gasteiger partial charge in [-0.2, -0.15) is 0 Å². The van der Waals surface area contributed by atoms with Gasteiger partial charge >= 0.3 is 6.03 Å². The van der Waals surface area contributed by atoms with Gasteiger partial charge in [0.1, 0.15) is 0 Å². The Morgan fingerprint density at radius 2 is 1.84 bits per heavy atom. The van der Waals surface area contributed by atoms with Crippen molar-refractivity contribution in [3.8, 4) is 0 Å². The summed E-state index contributed by atoms with van der Waals surface area (Å²) in [6, 6.07) is 7.68. The summed E-state index contributed by atoms with van der Waals surface area (Å²) >= 11 is 5.91. The maximum atomic E-state index is 12.7. The predicted octanol–water partition coefficient (Wildman–Crippen LogP) is 3.36. The van der Waals surface area contributed by atoms with Crippen molar-refractivity contribution in [1.29, 1.82) is 0 Å². The second-order valence-corrected chi connectivity index (χ2v) is 7.65. The van der Waals surface area contributed by atoms with Crippen LogP contribution in [0.2, 0.25) is 5.02 Å². The third-order valence-corrected chi connectivity index (χ3v) is 5.61. The summed E-state index contributed by atoms with van der Waals surface area (Å²) in [6.45, 7) is 6.51. The highest BCUT2D eigenvalue weighted by Crippen LogP contribution is 2.22. The molecule has 0 aliphatic carbocycles. The molecule has 2 fully saturated rings. The van der Waals surface area contributed by atoms with E-state index >= 15 is 0 Å². The van der Waals surface area contributed by atoms with Gasteiger partial charge in [0.05, 0.1) is 0 Å². The maximum absolute atomic E-state index is 12.7. The highest BCUT2D eigenvalue weighted by atomic mass is 35.5. The minimum Gasteiger partial charge on any atom is -0.322 e. The number of likely N-dealkylation sites (tertiary alicyclic amines) is 1. The molecule has 0 aromatic heterocycles. The van der Waals surface area contributed by atoms with Gasteiger partial charge in [-0.25, -0.2) is 4.79 Å². The first kappa shape index (κ1) is 18.5. The molecule has 0 unspecified atom stereocenters. The number of hydrogen-bond acceptors (Lipinski definition) is 3. The number of nitrogens with one attached hydrogen (secondary N) is 1. The summed E-state index contributed by atoms with van der Waals surface area (Å²) in [5.41, 5.74) is 0.804. The zero-order valence-electron chi connectivity index (χ0n) is 15.1. The first-order valence-electron chi connectivity index (χ1n) is 9.36. The lowest BCUT2D eigenvalue weighted by atomic mass is 9.99. The van der Waals surface area contributed by atoms with Gasteiger partial charge in [0.2, 0.25) is 0 Å². The standard InChI is InChI=1S/C19H29ClN4O/c1-22-12-14-23(15-13-22)11-9-18-4-2-3-10-24(18)19(25)21-17-7-5-16(20)6-8-17/h5-8,18H,2-4,9-15H2,1H3,(H,21,25)/t18-/m0/s1. The number of likely N-dealkylation sites (N-methyl/N-ethyl adjacent to an activating group) is 1. The van der Waals surface area contributed by atoms with Crippen LogP contribution in [0.25, 0.3) is 0 Å². The number of carbonyl (C=O) groups excluding carboxylic acids is 1. The summed E-state index contributed by atoms with van der Waals surface area (Å²) in [6.07, 6.45) is 4.50. The van der Waals surface area contributed by atoms with E-state index < -0.39 is 0 Å². The fourth-order valence-electron chi connectivity index (χ4n) is 3.70. The lowest BCUT2D eigenvalue weighted by Gasteiger charge is -2.38. The second kappa shape index (κ2) is 8.88. The summed E-state index contributed by atoms with van der Waals surface area (Å²) in [7, 11) is 2.18. The molecule has 1 aromatic rings. The van der Waals surface area contributed by atoms with Crippen LogP contribution in [0.1, 0.15) is 25.7 Å². The molecule has 138 valence electrons. The normalized spacial score (nSPS) is 22.8. The first-order chi connectivity index (χ1) is 12.1. The number of amides is 2. The van der Waals surface area contributed by atoms with E-state index in [4.69, 9.17) is 11.6 Å². The average molecular weight is 365 g/mol. The van der Waals surface area contributed by atoms with Gasteiger partial charge in [0.25, 0.3) is 0 Å². The summed E-state index contributed by atoms with van der Waals surface area (Å²) in [5, 5.41) is 3.70. The van der Waals surface area contributed by atoms with Gasteiger partial charge in [-0.1, -0.05) is 11.6 Å². The third kappa shape index (κ3) is 5.33. The molecule has 2 heterocycles. The van der Waals surface area contributed by atoms with Crippen LogP contribution in [0, 0.1) is 0 Å². The molecule has 1 N–H and O–H groups in total. The Bertz CT molecular complexity index is 557. The molecule has 1 aromatic carbocycles. The van der Waals surface area contributed by atoms with Crippen LogP contribution in [-0.4, -0.2) is 73.1 Å². The molecule has 0 bridgehead atoms. The Kier molecular flexibility index (Phi) is 6.57. The Balaban J connectivity index is 1.52. The third-order valence-electron chi connectivity index (χ3n) is 5.36. The van der Waals surface area contributed by atoms with E-state index in [-0.39, 0.29) is 6.03 Å². The van der Waals surface area contributed by atoms with Crippen molar-refractivity contribution in [2.45, 2.75) is 31.7 Å². The number of benzene rings is 1. The lowest BCUT2D eigenvalue weighted by molar-refractivity contribution is 0.122. The van der Waals surface area contributed by atoms with Crippen molar-refractivity contribution in [2.24, 2.45) is 0 Å². The predicted molar refractivity (Wildman–Crippen MR) is 103 cm³/mol. The van der Waals surface area contributed by atoms with Gasteiger partial charge in [-0.3, -0.25) is 0 Å². The fourth-order valence-corrected chi connectivity index (χ4v) is 3.83. The van der Waals surface area contributed by atoms with Crippen molar-refractivity contribution in [2.75, 3.05) is 51.6 Å². The van der Waals surface area contributed by atoms with E-state index in [1.807, 2.05) is 17.0 Å². The van der Waals surface area contributed by atoms with E-state index in [0.717, 1.165) is 64.2 Å². The van der Waals surface area contributed by atoms with Crippen LogP contribution in [0.3, 0.4) is 0 Å². The average Bonchev–Trinajstić information content (AvgIpc) is 2.63. The molecular formula is C19H29ClN4O. The molecule has 2 saturated heterocycles. The van der Waals surface area contributed by atoms with Crippen molar-refractivity contribution in [1.82, 2.24) is 14.7 Å². The topological polar surface area (TPSA) is 38.8 Å². The number of piperidine rings is 1. The molecule has 3 rings (SSSR count). The highest BCUT2D eigenvalue weighted by molar-refractivity contribution is 6.30. The molecule has 2 aliphatic rings. The van der Waals surface area contributed by atoms with Gasteiger partial charge in [-0.05, 0) is 57.0 Å². The van der Waals surface area contributed by atoms with Crippen LogP contribution in [0.15, 0.2) is 24.3 Å². The van der Waals surface area contributed by atoms with E-state index in [1.165, 1.54) is 6.42 Å². The Labute approximate surface area is 155 Å². The van der Waals surface area contributed by atoms with Gasteiger partial charge in [0.15, 0.2) is 0 Å². The van der Waals surface area contributed by atoms with Crippen molar-refractivity contribution in [3.63, 3.8) is 0 Å². The smallest absolute Gasteiger partial charge is 0.322 e. The van der Waals surface area contributed by atoms with E-state index in [2.05, 4.69) is 22.2 Å². The molecule has 2 aliphatic heterocycles. The molecule has 0 saturated carbocycles. The number of piperazine rings is 1. The quantitative estimate of drug-likeness (QED) is 0.890. The van der Waals surface area contributed by atoms with Gasteiger partial charge < -0.3 is 20.0 Å². The Morgan fingerprint density at radius 1 is 1.12 bits per heavy atom. The van der Waals surface area contributed by atoms with Gasteiger partial charge in [-0.15, -0.1) is 0 Å². The van der Waals surface area contributed by atoms with E-state index in [1.54, 1.807) is 12.1 Å². The molecular weight excluding hydrogens is 336 g/mol. The summed E-state index contributed by atoms with van der Waals surface area (Å²) in [4.78, 5) is 19.7. The SMILES string of the molecule is CN1CCN(CC[C@@H]2CCCCN2C(=O)Nc2ccc(Cl)cc2)CC1. The van der Waals surface area contributed by atoms with Crippen molar-refractivity contribution in [3.05, 3.63) is 29.3 Å². The molecule has 6 heteroatoms. The molecule has 5 nitrogen and oxygen atoms in total. The lowest BCUT2D eigenvalue weighted by Crippen LogP contribution is -2.49. The monoisotopic (exact) mass is 364 g/mol.